The summed E-state index contributed by atoms with van der Waals surface area (Å²) < 4.78 is 12.9. The molecule has 5 rings (SSSR count). The van der Waals surface area contributed by atoms with Gasteiger partial charge in [0.1, 0.15) is 0 Å². The summed E-state index contributed by atoms with van der Waals surface area (Å²) in [6, 6.07) is 19.7. The Labute approximate surface area is 279 Å². The van der Waals surface area contributed by atoms with Gasteiger partial charge in [-0.25, -0.2) is 0 Å². The van der Waals surface area contributed by atoms with Crippen molar-refractivity contribution in [1.29, 1.82) is 0 Å². The van der Waals surface area contributed by atoms with Crippen LogP contribution in [0, 0.1) is 23.7 Å². The number of anilines is 2. The van der Waals surface area contributed by atoms with Gasteiger partial charge in [-0.2, -0.15) is 0 Å². The summed E-state index contributed by atoms with van der Waals surface area (Å²) in [5.41, 5.74) is 1.93. The van der Waals surface area contributed by atoms with E-state index in [4.69, 9.17) is 9.47 Å². The van der Waals surface area contributed by atoms with E-state index in [1.54, 1.807) is 0 Å². The normalized spacial score (nSPS) is 26.6. The molecule has 0 radical (unpaired) electrons. The summed E-state index contributed by atoms with van der Waals surface area (Å²) in [6.07, 6.45) is 6.97. The fourth-order valence-corrected chi connectivity index (χ4v) is 7.39. The first kappa shape index (κ1) is 34.6. The van der Waals surface area contributed by atoms with Gasteiger partial charge in [-0.3, -0.25) is 19.6 Å². The van der Waals surface area contributed by atoms with Gasteiger partial charge in [0.05, 0.1) is 48.8 Å². The Morgan fingerprint density at radius 1 is 0.702 bits per heavy atom. The maximum atomic E-state index is 13.7. The molecule has 1 heterocycles. The first-order valence-corrected chi connectivity index (χ1v) is 17.5. The quantitative estimate of drug-likeness (QED) is 0.107. The van der Waals surface area contributed by atoms with Crippen molar-refractivity contribution >= 4 is 34.9 Å². The molecule has 3 fully saturated rings. The lowest BCUT2D eigenvalue weighted by Crippen LogP contribution is -2.52. The molecule has 2 bridgehead atoms. The molecule has 2 aromatic carbocycles. The second-order valence-electron chi connectivity index (χ2n) is 12.9. The number of benzene rings is 2. The zero-order chi connectivity index (χ0) is 33.0. The molecule has 47 heavy (non-hydrogen) atoms. The van der Waals surface area contributed by atoms with Gasteiger partial charge in [-0.15, -0.1) is 0 Å². The lowest BCUT2D eigenvalue weighted by Gasteiger charge is -2.34. The average Bonchev–Trinajstić information content (AvgIpc) is 3.77. The zero-order valence-electron chi connectivity index (χ0n) is 28.1. The molecule has 2 aromatic rings. The highest BCUT2D eigenvalue weighted by atomic mass is 16.7. The molecule has 2 saturated carbocycles. The predicted molar refractivity (Wildman–Crippen MR) is 188 cm³/mol. The number of unbranched alkanes of at least 4 members (excludes halogenated alkanes) is 4. The maximum absolute atomic E-state index is 13.7. The molecule has 6 unspecified atom stereocenters. The molecule has 0 aromatic heterocycles. The van der Waals surface area contributed by atoms with Crippen LogP contribution in [0.2, 0.25) is 0 Å². The van der Waals surface area contributed by atoms with Gasteiger partial charge >= 0.3 is 0 Å². The predicted octanol–water partition coefficient (Wildman–Crippen LogP) is 5.63. The van der Waals surface area contributed by atoms with E-state index >= 15 is 0 Å². The van der Waals surface area contributed by atoms with Crippen molar-refractivity contribution in [2.75, 3.05) is 36.8 Å². The van der Waals surface area contributed by atoms with Crippen LogP contribution < -0.4 is 21.3 Å². The molecule has 1 aliphatic heterocycles. The number of rotatable bonds is 16. The zero-order valence-corrected chi connectivity index (χ0v) is 28.1. The van der Waals surface area contributed by atoms with Crippen LogP contribution in [-0.2, 0) is 19.1 Å². The first-order chi connectivity index (χ1) is 22.9. The first-order valence-electron chi connectivity index (χ1n) is 17.5. The van der Waals surface area contributed by atoms with Crippen LogP contribution in [-0.4, -0.2) is 68.2 Å². The third-order valence-corrected chi connectivity index (χ3v) is 9.51. The van der Waals surface area contributed by atoms with E-state index in [1.165, 1.54) is 25.7 Å². The van der Waals surface area contributed by atoms with E-state index in [2.05, 4.69) is 38.2 Å². The molecule has 4 N–H and O–H groups in total. The molecule has 2 amide bonds. The smallest absolute Gasteiger partial charge is 0.224 e. The monoisotopic (exact) mass is 644 g/mol. The fourth-order valence-electron chi connectivity index (χ4n) is 7.39. The number of para-hydroxylation sites is 2. The van der Waals surface area contributed by atoms with E-state index in [0.717, 1.165) is 42.3 Å². The Bertz CT molecular complexity index is 1260. The highest BCUT2D eigenvalue weighted by molar-refractivity contribution is 5.94. The van der Waals surface area contributed by atoms with E-state index in [-0.39, 0.29) is 42.1 Å². The number of nitrogens with zero attached hydrogens (tertiary/aromatic N) is 2. The SMILES string of the molecule is CCCCCCCC1OC2C3CC(C2O1)C(C(=O)NCCN=C(C)Nc1ccccc1)C3C(=O)NCCN=C(C)Nc1ccccc1. The van der Waals surface area contributed by atoms with E-state index in [9.17, 15) is 9.59 Å². The summed E-state index contributed by atoms with van der Waals surface area (Å²) in [5, 5.41) is 12.7. The van der Waals surface area contributed by atoms with Crippen molar-refractivity contribution in [3.05, 3.63) is 60.7 Å². The molecule has 254 valence electrons. The van der Waals surface area contributed by atoms with Crippen molar-refractivity contribution in [1.82, 2.24) is 10.6 Å². The van der Waals surface area contributed by atoms with Crippen molar-refractivity contribution in [3.8, 4) is 0 Å². The third kappa shape index (κ3) is 9.41. The molecule has 6 atom stereocenters. The number of ether oxygens (including phenoxy) is 2. The summed E-state index contributed by atoms with van der Waals surface area (Å²) in [5.74, 6) is 0.313. The minimum absolute atomic E-state index is 0.0498. The molecule has 0 spiro atoms. The summed E-state index contributed by atoms with van der Waals surface area (Å²) in [6.45, 7) is 7.70. The molecule has 10 nitrogen and oxygen atoms in total. The van der Waals surface area contributed by atoms with Gasteiger partial charge in [0.25, 0.3) is 0 Å². The number of carbonyl (C=O) groups is 2. The van der Waals surface area contributed by atoms with Crippen LogP contribution in [0.5, 0.6) is 0 Å². The number of amides is 2. The molecule has 3 aliphatic rings. The number of hydrogen-bond acceptors (Lipinski definition) is 6. The Morgan fingerprint density at radius 3 is 1.64 bits per heavy atom. The number of hydrogen-bond donors (Lipinski definition) is 4. The average molecular weight is 645 g/mol. The van der Waals surface area contributed by atoms with E-state index in [0.29, 0.717) is 26.2 Å². The Balaban J connectivity index is 1.17. The van der Waals surface area contributed by atoms with Crippen molar-refractivity contribution in [3.63, 3.8) is 0 Å². The fraction of sp³-hybridized carbons (Fsp3) is 0.568. The summed E-state index contributed by atoms with van der Waals surface area (Å²) in [7, 11) is 0. The van der Waals surface area contributed by atoms with Crippen molar-refractivity contribution in [2.45, 2.75) is 84.2 Å². The largest absolute Gasteiger partial charge is 0.354 e. The second kappa shape index (κ2) is 17.4. The summed E-state index contributed by atoms with van der Waals surface area (Å²) >= 11 is 0. The van der Waals surface area contributed by atoms with Crippen LogP contribution in [0.4, 0.5) is 11.4 Å². The van der Waals surface area contributed by atoms with Crippen molar-refractivity contribution < 1.29 is 19.1 Å². The second-order valence-corrected chi connectivity index (χ2v) is 12.9. The molecule has 2 aliphatic carbocycles. The molecular formula is C37H52N6O4. The third-order valence-electron chi connectivity index (χ3n) is 9.51. The highest BCUT2D eigenvalue weighted by Crippen LogP contribution is 2.57. The topological polar surface area (TPSA) is 125 Å². The van der Waals surface area contributed by atoms with Gasteiger partial charge in [-0.05, 0) is 57.4 Å². The van der Waals surface area contributed by atoms with Gasteiger partial charge in [0.15, 0.2) is 6.29 Å². The molecule has 10 heteroatoms. The van der Waals surface area contributed by atoms with E-state index in [1.807, 2.05) is 74.5 Å². The lowest BCUT2D eigenvalue weighted by molar-refractivity contribution is -0.140. The van der Waals surface area contributed by atoms with Gasteiger partial charge in [0, 0.05) is 36.3 Å². The minimum atomic E-state index is -0.467. The van der Waals surface area contributed by atoms with Crippen LogP contribution >= 0.6 is 0 Å². The van der Waals surface area contributed by atoms with Crippen LogP contribution in [0.1, 0.15) is 65.7 Å². The minimum Gasteiger partial charge on any atom is -0.354 e. The number of aliphatic imine (C=N–C) groups is 2. The van der Waals surface area contributed by atoms with E-state index < -0.39 is 11.8 Å². The van der Waals surface area contributed by atoms with Gasteiger partial charge in [-0.1, -0.05) is 69.0 Å². The van der Waals surface area contributed by atoms with Crippen LogP contribution in [0.25, 0.3) is 0 Å². The summed E-state index contributed by atoms with van der Waals surface area (Å²) in [4.78, 5) is 36.6. The number of fused-ring (bicyclic) bond motifs is 5. The lowest BCUT2D eigenvalue weighted by atomic mass is 9.75. The number of amidine groups is 2. The Kier molecular flexibility index (Phi) is 12.8. The Hall–Kier alpha value is -3.76. The van der Waals surface area contributed by atoms with Crippen LogP contribution in [0.15, 0.2) is 70.6 Å². The van der Waals surface area contributed by atoms with Crippen molar-refractivity contribution in [2.24, 2.45) is 33.7 Å². The van der Waals surface area contributed by atoms with Crippen LogP contribution in [0.3, 0.4) is 0 Å². The molecule has 1 saturated heterocycles. The maximum Gasteiger partial charge on any atom is 0.224 e. The number of carbonyl (C=O) groups excluding carboxylic acids is 2. The number of nitrogens with one attached hydrogen (secondary N) is 4. The molecular weight excluding hydrogens is 592 g/mol. The van der Waals surface area contributed by atoms with Gasteiger partial charge in [0.2, 0.25) is 11.8 Å². The highest BCUT2D eigenvalue weighted by Gasteiger charge is 2.66. The Morgan fingerprint density at radius 2 is 1.17 bits per heavy atom. The standard InChI is InChI=1S/C37H52N6O4/c1-4-5-6-7-14-19-31-46-34-29-24-30(35(34)47-31)33(37(45)41-23-21-39-26(3)43-28-17-12-9-13-18-28)32(29)36(44)40-22-20-38-25(2)42-27-15-10-8-11-16-27/h8-13,15-18,29-35H,4-7,14,19-24H2,1-3H3,(H,38,42)(H,39,43)(H,40,44)(H,41,45). The van der Waals surface area contributed by atoms with Gasteiger partial charge < -0.3 is 30.7 Å².